The van der Waals surface area contributed by atoms with Crippen LogP contribution in [0, 0.1) is 0 Å². The third kappa shape index (κ3) is 3.51. The van der Waals surface area contributed by atoms with Gasteiger partial charge in [0.25, 0.3) is 0 Å². The summed E-state index contributed by atoms with van der Waals surface area (Å²) in [6.45, 7) is 0.875. The first-order valence-corrected chi connectivity index (χ1v) is 8.42. The first kappa shape index (κ1) is 17.1. The van der Waals surface area contributed by atoms with E-state index in [1.165, 1.54) is 5.56 Å². The maximum absolute atomic E-state index is 10.6. The third-order valence-electron chi connectivity index (χ3n) is 4.52. The summed E-state index contributed by atoms with van der Waals surface area (Å²) >= 11 is 5.92. The number of benzene rings is 2. The predicted octanol–water partition coefficient (Wildman–Crippen LogP) is 3.67. The number of fused-ring (bicyclic) bond motifs is 1. The summed E-state index contributed by atoms with van der Waals surface area (Å²) in [5.74, 6) is 1.46. The maximum Gasteiger partial charge on any atom is 0.161 e. The van der Waals surface area contributed by atoms with Crippen LogP contribution in [-0.4, -0.2) is 25.9 Å². The minimum Gasteiger partial charge on any atom is -0.493 e. The van der Waals surface area contributed by atoms with Gasteiger partial charge in [0, 0.05) is 11.1 Å². The van der Waals surface area contributed by atoms with Crippen molar-refractivity contribution in [3.8, 4) is 11.5 Å². The van der Waals surface area contributed by atoms with Crippen molar-refractivity contribution in [2.45, 2.75) is 25.0 Å². The molecule has 3 rings (SSSR count). The van der Waals surface area contributed by atoms with Crippen LogP contribution in [0.2, 0.25) is 5.02 Å². The standard InChI is InChI=1S/C19H22ClNO3/c1-23-18-9-13-7-8-21-16(15(13)10-19(18)24-2)11-17(22)12-3-5-14(20)6-4-12/h3-6,9-10,16-17,21-22H,7-8,11H2,1-2H3/t16-,17+/m1/s1. The van der Waals surface area contributed by atoms with Crippen LogP contribution in [0.15, 0.2) is 36.4 Å². The van der Waals surface area contributed by atoms with Crippen molar-refractivity contribution >= 4 is 11.6 Å². The van der Waals surface area contributed by atoms with E-state index in [1.54, 1.807) is 26.4 Å². The summed E-state index contributed by atoms with van der Waals surface area (Å²) in [7, 11) is 3.28. The van der Waals surface area contributed by atoms with Gasteiger partial charge in [0.05, 0.1) is 20.3 Å². The molecule has 2 atom stereocenters. The summed E-state index contributed by atoms with van der Waals surface area (Å²) in [4.78, 5) is 0. The summed E-state index contributed by atoms with van der Waals surface area (Å²) in [5, 5.41) is 14.7. The van der Waals surface area contributed by atoms with Gasteiger partial charge >= 0.3 is 0 Å². The zero-order chi connectivity index (χ0) is 17.1. The van der Waals surface area contributed by atoms with Gasteiger partial charge in [-0.1, -0.05) is 23.7 Å². The molecule has 2 aromatic rings. The van der Waals surface area contributed by atoms with Gasteiger partial charge in [-0.25, -0.2) is 0 Å². The van der Waals surface area contributed by atoms with Gasteiger partial charge in [-0.05, 0) is 60.3 Å². The van der Waals surface area contributed by atoms with Crippen LogP contribution in [0.1, 0.15) is 35.3 Å². The molecule has 0 radical (unpaired) electrons. The van der Waals surface area contributed by atoms with Gasteiger partial charge in [0.1, 0.15) is 0 Å². The molecule has 0 amide bonds. The Morgan fingerprint density at radius 1 is 1.17 bits per heavy atom. The van der Waals surface area contributed by atoms with Gasteiger partial charge in [0.15, 0.2) is 11.5 Å². The van der Waals surface area contributed by atoms with E-state index in [4.69, 9.17) is 21.1 Å². The Morgan fingerprint density at radius 2 is 1.83 bits per heavy atom. The van der Waals surface area contributed by atoms with Crippen LogP contribution < -0.4 is 14.8 Å². The molecule has 1 aliphatic rings. The molecule has 24 heavy (non-hydrogen) atoms. The highest BCUT2D eigenvalue weighted by atomic mass is 35.5. The fourth-order valence-corrected chi connectivity index (χ4v) is 3.35. The Kier molecular flexibility index (Phi) is 5.29. The average molecular weight is 348 g/mol. The van der Waals surface area contributed by atoms with Crippen molar-refractivity contribution in [2.24, 2.45) is 0 Å². The topological polar surface area (TPSA) is 50.7 Å². The molecule has 0 aliphatic carbocycles. The van der Waals surface area contributed by atoms with Gasteiger partial charge in [-0.3, -0.25) is 0 Å². The number of nitrogens with one attached hydrogen (secondary N) is 1. The molecule has 2 N–H and O–H groups in total. The number of halogens is 1. The second-order valence-electron chi connectivity index (χ2n) is 5.97. The van der Waals surface area contributed by atoms with Crippen LogP contribution in [0.25, 0.3) is 0 Å². The van der Waals surface area contributed by atoms with E-state index in [1.807, 2.05) is 24.3 Å². The fraction of sp³-hybridized carbons (Fsp3) is 0.368. The smallest absolute Gasteiger partial charge is 0.161 e. The van der Waals surface area contributed by atoms with Crippen molar-refractivity contribution in [3.63, 3.8) is 0 Å². The minimum atomic E-state index is -0.557. The summed E-state index contributed by atoms with van der Waals surface area (Å²) in [6.07, 6.45) is 0.965. The molecular weight excluding hydrogens is 326 g/mol. The van der Waals surface area contributed by atoms with Crippen LogP contribution >= 0.6 is 11.6 Å². The molecule has 5 heteroatoms. The maximum atomic E-state index is 10.6. The van der Waals surface area contributed by atoms with E-state index in [-0.39, 0.29) is 6.04 Å². The Hall–Kier alpha value is -1.75. The number of hydrogen-bond acceptors (Lipinski definition) is 4. The van der Waals surface area contributed by atoms with Crippen LogP contribution in [0.5, 0.6) is 11.5 Å². The Labute approximate surface area is 147 Å². The first-order chi connectivity index (χ1) is 11.6. The largest absolute Gasteiger partial charge is 0.493 e. The number of aliphatic hydroxyl groups excluding tert-OH is 1. The number of ether oxygens (including phenoxy) is 2. The molecule has 0 bridgehead atoms. The fourth-order valence-electron chi connectivity index (χ4n) is 3.22. The molecule has 0 unspecified atom stereocenters. The van der Waals surface area contributed by atoms with Gasteiger partial charge in [0.2, 0.25) is 0 Å². The van der Waals surface area contributed by atoms with Gasteiger partial charge in [-0.2, -0.15) is 0 Å². The van der Waals surface area contributed by atoms with Crippen LogP contribution in [0.4, 0.5) is 0 Å². The predicted molar refractivity (Wildman–Crippen MR) is 95.0 cm³/mol. The SMILES string of the molecule is COc1cc2c(cc1OC)[C@@H](C[C@H](O)c1ccc(Cl)cc1)NCC2. The van der Waals surface area contributed by atoms with Crippen LogP contribution in [-0.2, 0) is 6.42 Å². The van der Waals surface area contributed by atoms with Crippen molar-refractivity contribution in [1.29, 1.82) is 0 Å². The molecule has 4 nitrogen and oxygen atoms in total. The number of rotatable bonds is 5. The lowest BCUT2D eigenvalue weighted by atomic mass is 9.89. The monoisotopic (exact) mass is 347 g/mol. The van der Waals surface area contributed by atoms with E-state index < -0.39 is 6.10 Å². The number of methoxy groups -OCH3 is 2. The molecule has 128 valence electrons. The van der Waals surface area contributed by atoms with E-state index >= 15 is 0 Å². The summed E-state index contributed by atoms with van der Waals surface area (Å²) in [5.41, 5.74) is 3.26. The zero-order valence-corrected chi connectivity index (χ0v) is 14.6. The van der Waals surface area contributed by atoms with Crippen molar-refractivity contribution < 1.29 is 14.6 Å². The molecule has 0 fully saturated rings. The minimum absolute atomic E-state index is 0.0687. The van der Waals surface area contributed by atoms with E-state index in [0.29, 0.717) is 17.2 Å². The molecule has 0 saturated heterocycles. The lowest BCUT2D eigenvalue weighted by Crippen LogP contribution is -2.31. The van der Waals surface area contributed by atoms with E-state index in [0.717, 1.165) is 29.8 Å². The first-order valence-electron chi connectivity index (χ1n) is 8.04. The van der Waals surface area contributed by atoms with Crippen molar-refractivity contribution in [2.75, 3.05) is 20.8 Å². The summed E-state index contributed by atoms with van der Waals surface area (Å²) < 4.78 is 10.8. The second-order valence-corrected chi connectivity index (χ2v) is 6.40. The second kappa shape index (κ2) is 7.43. The highest BCUT2D eigenvalue weighted by molar-refractivity contribution is 6.30. The lowest BCUT2D eigenvalue weighted by Gasteiger charge is -2.29. The highest BCUT2D eigenvalue weighted by Gasteiger charge is 2.25. The lowest BCUT2D eigenvalue weighted by molar-refractivity contribution is 0.150. The van der Waals surface area contributed by atoms with Crippen LogP contribution in [0.3, 0.4) is 0 Å². The highest BCUT2D eigenvalue weighted by Crippen LogP contribution is 2.38. The zero-order valence-electron chi connectivity index (χ0n) is 13.9. The Balaban J connectivity index is 1.84. The molecule has 1 aliphatic heterocycles. The molecule has 1 heterocycles. The molecular formula is C19H22ClNO3. The average Bonchev–Trinajstić information content (AvgIpc) is 2.61. The Bertz CT molecular complexity index is 703. The molecule has 0 aromatic heterocycles. The third-order valence-corrected chi connectivity index (χ3v) is 4.77. The van der Waals surface area contributed by atoms with Gasteiger partial charge < -0.3 is 19.9 Å². The van der Waals surface area contributed by atoms with E-state index in [2.05, 4.69) is 5.32 Å². The number of hydrogen-bond donors (Lipinski definition) is 2. The molecule has 0 spiro atoms. The van der Waals surface area contributed by atoms with Crippen molar-refractivity contribution in [3.05, 3.63) is 58.1 Å². The number of aliphatic hydroxyl groups is 1. The summed E-state index contributed by atoms with van der Waals surface area (Å²) in [6, 6.07) is 11.5. The van der Waals surface area contributed by atoms with Crippen molar-refractivity contribution in [1.82, 2.24) is 5.32 Å². The molecule has 2 aromatic carbocycles. The van der Waals surface area contributed by atoms with E-state index in [9.17, 15) is 5.11 Å². The quantitative estimate of drug-likeness (QED) is 0.866. The normalized spacial score (nSPS) is 17.9. The molecule has 0 saturated carbocycles. The van der Waals surface area contributed by atoms with Gasteiger partial charge in [-0.15, -0.1) is 0 Å². The Morgan fingerprint density at radius 3 is 2.50 bits per heavy atom.